The van der Waals surface area contributed by atoms with E-state index in [1.165, 1.54) is 10.8 Å². The van der Waals surface area contributed by atoms with Crippen LogP contribution in [-0.2, 0) is 0 Å². The van der Waals surface area contributed by atoms with E-state index in [1.54, 1.807) is 0 Å². The number of nitrogens with zero attached hydrogens (tertiary/aromatic N) is 4. The van der Waals surface area contributed by atoms with E-state index in [0.29, 0.717) is 11.1 Å². The van der Waals surface area contributed by atoms with Gasteiger partial charge in [0.15, 0.2) is 0 Å². The number of fused-ring (bicyclic) bond motifs is 6. The first kappa shape index (κ1) is 27.4. The van der Waals surface area contributed by atoms with Gasteiger partial charge in [0.05, 0.1) is 51.0 Å². The molecule has 2 heterocycles. The minimum absolute atomic E-state index is 0.622. The summed E-state index contributed by atoms with van der Waals surface area (Å²) in [7, 11) is 0. The van der Waals surface area contributed by atoms with Gasteiger partial charge in [-0.05, 0) is 71.8 Å². The van der Waals surface area contributed by atoms with Crippen molar-refractivity contribution >= 4 is 43.6 Å². The maximum Gasteiger partial charge on any atom is 0.0998 e. The van der Waals surface area contributed by atoms with E-state index < -0.39 is 0 Å². The maximum atomic E-state index is 10.3. The van der Waals surface area contributed by atoms with Crippen LogP contribution in [0.2, 0.25) is 0 Å². The highest BCUT2D eigenvalue weighted by Crippen LogP contribution is 2.42. The summed E-state index contributed by atoms with van der Waals surface area (Å²) in [5.41, 5.74) is 11.6. The van der Waals surface area contributed by atoms with Gasteiger partial charge >= 0.3 is 0 Å². The zero-order valence-electron chi connectivity index (χ0n) is 25.8. The second kappa shape index (κ2) is 10.9. The van der Waals surface area contributed by atoms with E-state index in [4.69, 9.17) is 0 Å². The molecule has 0 unspecified atom stereocenters. The van der Waals surface area contributed by atoms with Gasteiger partial charge in [-0.15, -0.1) is 0 Å². The van der Waals surface area contributed by atoms with Crippen molar-refractivity contribution in [2.24, 2.45) is 0 Å². The number of hydrogen-bond acceptors (Lipinski definition) is 2. The van der Waals surface area contributed by atoms with Gasteiger partial charge < -0.3 is 9.13 Å². The molecule has 0 saturated carbocycles. The lowest BCUT2D eigenvalue weighted by atomic mass is 9.90. The molecule has 9 aromatic rings. The molecule has 0 bridgehead atoms. The second-order valence-electron chi connectivity index (χ2n) is 12.0. The lowest BCUT2D eigenvalue weighted by Crippen LogP contribution is -2.00. The van der Waals surface area contributed by atoms with Crippen molar-refractivity contribution in [3.05, 3.63) is 169 Å². The SMILES string of the molecule is N#Cc1ccc2c(c1)c1ccccc1n2-c1ccccc1-c1ccc(-n2c3ccccc3c3ccccc32)cc1-c1ccccc1C#N. The van der Waals surface area contributed by atoms with Gasteiger partial charge in [0.1, 0.15) is 0 Å². The van der Waals surface area contributed by atoms with Gasteiger partial charge in [-0.1, -0.05) is 97.1 Å². The first-order valence-corrected chi connectivity index (χ1v) is 15.9. The quantitative estimate of drug-likeness (QED) is 0.199. The standard InChI is InChI=1S/C44H26N4/c45-27-29-21-24-44-39(25-29)37-16-6-10-20-43(37)48(44)42-19-9-3-13-34(42)33-23-22-31(26-38(33)32-12-2-1-11-30(32)28-46)47-40-17-7-4-14-35(40)36-15-5-8-18-41(36)47/h1-26H. The Labute approximate surface area is 277 Å². The normalized spacial score (nSPS) is 11.3. The molecule has 0 aliphatic rings. The Morgan fingerprint density at radius 2 is 0.938 bits per heavy atom. The summed E-state index contributed by atoms with van der Waals surface area (Å²) in [4.78, 5) is 0. The molecule has 0 spiro atoms. The molecule has 0 amide bonds. The molecule has 48 heavy (non-hydrogen) atoms. The topological polar surface area (TPSA) is 57.4 Å². The molecule has 0 N–H and O–H groups in total. The van der Waals surface area contributed by atoms with Crippen LogP contribution >= 0.6 is 0 Å². The van der Waals surface area contributed by atoms with Crippen LogP contribution in [-0.4, -0.2) is 9.13 Å². The van der Waals surface area contributed by atoms with E-state index in [2.05, 4.69) is 130 Å². The molecule has 0 aliphatic carbocycles. The summed E-state index contributed by atoms with van der Waals surface area (Å²) in [6.45, 7) is 0. The van der Waals surface area contributed by atoms with E-state index >= 15 is 0 Å². The summed E-state index contributed by atoms with van der Waals surface area (Å²) < 4.78 is 4.61. The average Bonchev–Trinajstić information content (AvgIpc) is 3.67. The number of benzene rings is 7. The van der Waals surface area contributed by atoms with Gasteiger partial charge in [-0.2, -0.15) is 10.5 Å². The number of hydrogen-bond donors (Lipinski definition) is 0. The van der Waals surface area contributed by atoms with Crippen molar-refractivity contribution in [1.82, 2.24) is 9.13 Å². The first-order chi connectivity index (χ1) is 23.7. The van der Waals surface area contributed by atoms with Gasteiger partial charge in [-0.25, -0.2) is 0 Å². The molecule has 0 radical (unpaired) electrons. The Hall–Kier alpha value is -6.88. The molecule has 2 aromatic heterocycles. The van der Waals surface area contributed by atoms with Gasteiger partial charge in [-0.3, -0.25) is 0 Å². The van der Waals surface area contributed by atoms with Crippen molar-refractivity contribution in [2.75, 3.05) is 0 Å². The van der Waals surface area contributed by atoms with E-state index in [0.717, 1.165) is 66.5 Å². The lowest BCUT2D eigenvalue weighted by Gasteiger charge is -2.19. The molecule has 9 rings (SSSR count). The molecule has 222 valence electrons. The summed E-state index contributed by atoms with van der Waals surface area (Å²) in [5.74, 6) is 0. The smallest absolute Gasteiger partial charge is 0.0998 e. The average molecular weight is 611 g/mol. The third-order valence-electron chi connectivity index (χ3n) is 9.42. The fourth-order valence-corrected chi connectivity index (χ4v) is 7.34. The predicted molar refractivity (Wildman–Crippen MR) is 195 cm³/mol. The van der Waals surface area contributed by atoms with Gasteiger partial charge in [0.25, 0.3) is 0 Å². The van der Waals surface area contributed by atoms with Crippen LogP contribution in [0.1, 0.15) is 11.1 Å². The van der Waals surface area contributed by atoms with Crippen LogP contribution in [0.5, 0.6) is 0 Å². The second-order valence-corrected chi connectivity index (χ2v) is 12.0. The molecule has 0 aliphatic heterocycles. The van der Waals surface area contributed by atoms with Crippen LogP contribution in [0.3, 0.4) is 0 Å². The minimum atomic E-state index is 0.622. The van der Waals surface area contributed by atoms with Crippen molar-refractivity contribution in [2.45, 2.75) is 0 Å². The fraction of sp³-hybridized carbons (Fsp3) is 0. The molecular weight excluding hydrogens is 585 g/mol. The first-order valence-electron chi connectivity index (χ1n) is 15.9. The Balaban J connectivity index is 1.36. The third kappa shape index (κ3) is 4.07. The zero-order valence-corrected chi connectivity index (χ0v) is 25.8. The minimum Gasteiger partial charge on any atom is -0.309 e. The molecule has 0 atom stereocenters. The largest absolute Gasteiger partial charge is 0.309 e. The molecule has 4 heteroatoms. The van der Waals surface area contributed by atoms with E-state index in [-0.39, 0.29) is 0 Å². The van der Waals surface area contributed by atoms with Crippen molar-refractivity contribution in [1.29, 1.82) is 10.5 Å². The van der Waals surface area contributed by atoms with Crippen LogP contribution in [0.4, 0.5) is 0 Å². The van der Waals surface area contributed by atoms with E-state index in [1.807, 2.05) is 48.5 Å². The van der Waals surface area contributed by atoms with E-state index in [9.17, 15) is 10.5 Å². The Morgan fingerprint density at radius 3 is 1.62 bits per heavy atom. The third-order valence-corrected chi connectivity index (χ3v) is 9.42. The molecular formula is C44H26N4. The number of rotatable bonds is 4. The van der Waals surface area contributed by atoms with Crippen molar-refractivity contribution in [3.63, 3.8) is 0 Å². The Kier molecular flexibility index (Phi) is 6.22. The Morgan fingerprint density at radius 1 is 0.375 bits per heavy atom. The van der Waals surface area contributed by atoms with Gasteiger partial charge in [0.2, 0.25) is 0 Å². The Bertz CT molecular complexity index is 2760. The van der Waals surface area contributed by atoms with Crippen LogP contribution < -0.4 is 0 Å². The molecule has 0 saturated heterocycles. The van der Waals surface area contributed by atoms with Crippen LogP contribution in [0, 0.1) is 22.7 Å². The fourth-order valence-electron chi connectivity index (χ4n) is 7.34. The molecule has 7 aromatic carbocycles. The number of nitriles is 2. The van der Waals surface area contributed by atoms with Crippen molar-refractivity contribution in [3.8, 4) is 45.8 Å². The molecule has 0 fully saturated rings. The van der Waals surface area contributed by atoms with Crippen molar-refractivity contribution < 1.29 is 0 Å². The highest BCUT2D eigenvalue weighted by Gasteiger charge is 2.20. The monoisotopic (exact) mass is 610 g/mol. The highest BCUT2D eigenvalue weighted by molar-refractivity contribution is 6.11. The van der Waals surface area contributed by atoms with Crippen LogP contribution in [0.25, 0.3) is 77.2 Å². The lowest BCUT2D eigenvalue weighted by molar-refractivity contribution is 1.17. The summed E-state index contributed by atoms with van der Waals surface area (Å²) in [6.07, 6.45) is 0. The van der Waals surface area contributed by atoms with Gasteiger partial charge in [0, 0.05) is 38.4 Å². The maximum absolute atomic E-state index is 10.3. The number of aromatic nitrogens is 2. The summed E-state index contributed by atoms with van der Waals surface area (Å²) in [5, 5.41) is 24.5. The highest BCUT2D eigenvalue weighted by atomic mass is 15.0. The zero-order chi connectivity index (χ0) is 32.2. The molecule has 4 nitrogen and oxygen atoms in total. The summed E-state index contributed by atoms with van der Waals surface area (Å²) >= 11 is 0. The predicted octanol–water partition coefficient (Wildman–Crippen LogP) is 11.0. The van der Waals surface area contributed by atoms with Crippen LogP contribution in [0.15, 0.2) is 158 Å². The number of para-hydroxylation sites is 4. The summed E-state index contributed by atoms with van der Waals surface area (Å²) in [6, 6.07) is 59.0.